The molecule has 0 fully saturated rings. The van der Waals surface area contributed by atoms with Crippen molar-refractivity contribution < 1.29 is 14.3 Å². The summed E-state index contributed by atoms with van der Waals surface area (Å²) >= 11 is 4.31. The number of rotatable bonds is 9. The third-order valence-electron chi connectivity index (χ3n) is 4.87. The van der Waals surface area contributed by atoms with E-state index in [1.165, 1.54) is 35.1 Å². The lowest BCUT2D eigenvalue weighted by molar-refractivity contribution is -0.113. The van der Waals surface area contributed by atoms with Crippen LogP contribution in [0.4, 0.5) is 5.00 Å². The Balaban J connectivity index is 1.46. The number of carbonyl (C=O) groups is 2. The fourth-order valence-corrected chi connectivity index (χ4v) is 5.82. The normalized spacial score (nSPS) is 10.8. The topological polar surface area (TPSA) is 86.1 Å². The number of amides is 1. The maximum absolute atomic E-state index is 12.7. The number of nitrogens with one attached hydrogen (secondary N) is 1. The molecule has 0 aliphatic carbocycles. The molecular formula is C23H22N4O3S3. The van der Waals surface area contributed by atoms with E-state index < -0.39 is 5.97 Å². The van der Waals surface area contributed by atoms with Gasteiger partial charge in [-0.15, -0.1) is 32.9 Å². The van der Waals surface area contributed by atoms with Gasteiger partial charge in [-0.3, -0.25) is 4.79 Å². The SMILES string of the molecule is CCn1c(Cc2cccs2)nnc1SCC(=O)Nc1scc(-c2ccccc2)c1C(=O)OC. The largest absolute Gasteiger partial charge is 0.465 e. The van der Waals surface area contributed by atoms with Gasteiger partial charge in [0.2, 0.25) is 5.91 Å². The quantitative estimate of drug-likeness (QED) is 0.252. The van der Waals surface area contributed by atoms with Gasteiger partial charge in [-0.25, -0.2) is 4.79 Å². The fourth-order valence-electron chi connectivity index (χ4n) is 3.32. The Labute approximate surface area is 203 Å². The van der Waals surface area contributed by atoms with Crippen molar-refractivity contribution in [3.8, 4) is 11.1 Å². The molecular weight excluding hydrogens is 476 g/mol. The Hall–Kier alpha value is -2.95. The number of ether oxygens (including phenoxy) is 1. The van der Waals surface area contributed by atoms with E-state index in [2.05, 4.69) is 21.6 Å². The number of methoxy groups -OCH3 is 1. The Kier molecular flexibility index (Phi) is 7.58. The van der Waals surface area contributed by atoms with Crippen LogP contribution in [0.15, 0.2) is 58.4 Å². The molecule has 3 aromatic heterocycles. The maximum atomic E-state index is 12.7. The third kappa shape index (κ3) is 5.35. The van der Waals surface area contributed by atoms with E-state index in [9.17, 15) is 9.59 Å². The molecule has 0 atom stereocenters. The summed E-state index contributed by atoms with van der Waals surface area (Å²) < 4.78 is 7.00. The summed E-state index contributed by atoms with van der Waals surface area (Å²) in [5, 5.41) is 16.5. The molecule has 7 nitrogen and oxygen atoms in total. The van der Waals surface area contributed by atoms with Crippen LogP contribution in [0.2, 0.25) is 0 Å². The van der Waals surface area contributed by atoms with Crippen molar-refractivity contribution in [3.05, 3.63) is 69.5 Å². The molecule has 4 rings (SSSR count). The Morgan fingerprint density at radius 1 is 1.12 bits per heavy atom. The van der Waals surface area contributed by atoms with Gasteiger partial charge in [-0.2, -0.15) is 0 Å². The molecule has 33 heavy (non-hydrogen) atoms. The molecule has 0 radical (unpaired) electrons. The minimum atomic E-state index is -0.484. The van der Waals surface area contributed by atoms with Gasteiger partial charge in [-0.05, 0) is 23.9 Å². The lowest BCUT2D eigenvalue weighted by Crippen LogP contribution is -2.16. The zero-order chi connectivity index (χ0) is 23.2. The van der Waals surface area contributed by atoms with Gasteiger partial charge in [-0.1, -0.05) is 48.2 Å². The molecule has 1 aromatic carbocycles. The number of anilines is 1. The number of benzene rings is 1. The third-order valence-corrected chi connectivity index (χ3v) is 7.61. The van der Waals surface area contributed by atoms with E-state index >= 15 is 0 Å². The zero-order valence-electron chi connectivity index (χ0n) is 18.1. The van der Waals surface area contributed by atoms with Gasteiger partial charge in [0.1, 0.15) is 16.4 Å². The van der Waals surface area contributed by atoms with Crippen LogP contribution >= 0.6 is 34.4 Å². The number of thioether (sulfide) groups is 1. The van der Waals surface area contributed by atoms with E-state index in [1.54, 1.807) is 11.3 Å². The van der Waals surface area contributed by atoms with Crippen molar-refractivity contribution in [2.75, 3.05) is 18.2 Å². The molecule has 0 saturated heterocycles. The number of nitrogens with zero attached hydrogens (tertiary/aromatic N) is 3. The molecule has 0 saturated carbocycles. The van der Waals surface area contributed by atoms with E-state index in [4.69, 9.17) is 4.74 Å². The number of hydrogen-bond donors (Lipinski definition) is 1. The summed E-state index contributed by atoms with van der Waals surface area (Å²) in [6, 6.07) is 13.6. The van der Waals surface area contributed by atoms with Crippen LogP contribution in [0, 0.1) is 0 Å². The number of aromatic nitrogens is 3. The highest BCUT2D eigenvalue weighted by Gasteiger charge is 2.22. The molecule has 10 heteroatoms. The highest BCUT2D eigenvalue weighted by molar-refractivity contribution is 7.99. The van der Waals surface area contributed by atoms with E-state index in [0.29, 0.717) is 22.1 Å². The van der Waals surface area contributed by atoms with Gasteiger partial charge in [0.25, 0.3) is 0 Å². The van der Waals surface area contributed by atoms with E-state index in [1.807, 2.05) is 58.6 Å². The van der Waals surface area contributed by atoms with Crippen molar-refractivity contribution in [3.63, 3.8) is 0 Å². The predicted molar refractivity (Wildman–Crippen MR) is 133 cm³/mol. The fraction of sp³-hybridized carbons (Fsp3) is 0.217. The predicted octanol–water partition coefficient (Wildman–Crippen LogP) is 5.20. The number of thiophene rings is 2. The van der Waals surface area contributed by atoms with Crippen molar-refractivity contribution in [1.29, 1.82) is 0 Å². The van der Waals surface area contributed by atoms with Crippen molar-refractivity contribution in [1.82, 2.24) is 14.8 Å². The minimum absolute atomic E-state index is 0.149. The molecule has 4 aromatic rings. The van der Waals surface area contributed by atoms with Crippen LogP contribution in [0.5, 0.6) is 0 Å². The maximum Gasteiger partial charge on any atom is 0.341 e. The molecule has 1 amide bonds. The van der Waals surface area contributed by atoms with Crippen molar-refractivity contribution in [2.24, 2.45) is 0 Å². The number of hydrogen-bond acceptors (Lipinski definition) is 8. The van der Waals surface area contributed by atoms with Crippen LogP contribution in [-0.2, 0) is 22.5 Å². The molecule has 0 aliphatic rings. The second-order valence-corrected chi connectivity index (χ2v) is 9.80. The van der Waals surface area contributed by atoms with E-state index in [-0.39, 0.29) is 11.7 Å². The van der Waals surface area contributed by atoms with Gasteiger partial charge in [0.15, 0.2) is 5.16 Å². The zero-order valence-corrected chi connectivity index (χ0v) is 20.6. The highest BCUT2D eigenvalue weighted by atomic mass is 32.2. The van der Waals surface area contributed by atoms with Crippen LogP contribution in [-0.4, -0.2) is 39.5 Å². The highest BCUT2D eigenvalue weighted by Crippen LogP contribution is 2.36. The van der Waals surface area contributed by atoms with E-state index in [0.717, 1.165) is 23.5 Å². The summed E-state index contributed by atoms with van der Waals surface area (Å²) in [5.74, 6) is 0.316. The first-order valence-electron chi connectivity index (χ1n) is 10.2. The van der Waals surface area contributed by atoms with Crippen molar-refractivity contribution in [2.45, 2.75) is 25.0 Å². The lowest BCUT2D eigenvalue weighted by Gasteiger charge is -2.09. The van der Waals surface area contributed by atoms with Gasteiger partial charge in [0, 0.05) is 28.8 Å². The van der Waals surface area contributed by atoms with Gasteiger partial charge < -0.3 is 14.6 Å². The van der Waals surface area contributed by atoms with Crippen LogP contribution in [0.1, 0.15) is 28.0 Å². The second-order valence-electron chi connectivity index (χ2n) is 6.95. The summed E-state index contributed by atoms with van der Waals surface area (Å²) in [5.41, 5.74) is 1.99. The smallest absolute Gasteiger partial charge is 0.341 e. The first kappa shape index (κ1) is 23.2. The molecule has 170 valence electrons. The average Bonchev–Trinajstić information content (AvgIpc) is 3.58. The monoisotopic (exact) mass is 498 g/mol. The van der Waals surface area contributed by atoms with Crippen LogP contribution < -0.4 is 5.32 Å². The first-order valence-corrected chi connectivity index (χ1v) is 13.0. The molecule has 3 heterocycles. The summed E-state index contributed by atoms with van der Waals surface area (Å²) in [4.78, 5) is 26.4. The number of esters is 1. The Morgan fingerprint density at radius 3 is 2.64 bits per heavy atom. The molecule has 0 unspecified atom stereocenters. The molecule has 0 bridgehead atoms. The van der Waals surface area contributed by atoms with Gasteiger partial charge >= 0.3 is 5.97 Å². The summed E-state index contributed by atoms with van der Waals surface area (Å²) in [6.07, 6.45) is 0.714. The summed E-state index contributed by atoms with van der Waals surface area (Å²) in [6.45, 7) is 2.75. The molecule has 1 N–H and O–H groups in total. The number of carbonyl (C=O) groups excluding carboxylic acids is 2. The molecule has 0 spiro atoms. The second kappa shape index (κ2) is 10.8. The average molecular weight is 499 g/mol. The standard InChI is InChI=1S/C23H22N4O3S3/c1-3-27-18(12-16-10-7-11-31-16)25-26-23(27)33-14-19(28)24-21-20(22(29)30-2)17(13-32-21)15-8-5-4-6-9-15/h4-11,13H,3,12,14H2,1-2H3,(H,24,28). The Morgan fingerprint density at radius 2 is 1.94 bits per heavy atom. The van der Waals surface area contributed by atoms with Crippen LogP contribution in [0.3, 0.4) is 0 Å². The molecule has 0 aliphatic heterocycles. The van der Waals surface area contributed by atoms with Crippen molar-refractivity contribution >= 4 is 51.3 Å². The van der Waals surface area contributed by atoms with Crippen LogP contribution in [0.25, 0.3) is 11.1 Å². The van der Waals surface area contributed by atoms with Gasteiger partial charge in [0.05, 0.1) is 12.9 Å². The Bertz CT molecular complexity index is 1230. The minimum Gasteiger partial charge on any atom is -0.465 e. The first-order chi connectivity index (χ1) is 16.1. The summed E-state index contributed by atoms with van der Waals surface area (Å²) in [7, 11) is 1.33. The lowest BCUT2D eigenvalue weighted by atomic mass is 10.0.